The fourth-order valence-electron chi connectivity index (χ4n) is 1.88. The lowest BCUT2D eigenvalue weighted by Crippen LogP contribution is -2.42. The lowest BCUT2D eigenvalue weighted by Gasteiger charge is -2.28. The summed E-state index contributed by atoms with van der Waals surface area (Å²) in [6.45, 7) is 8.35. The first-order valence-corrected chi connectivity index (χ1v) is 6.53. The molecule has 3 nitrogen and oxygen atoms in total. The summed E-state index contributed by atoms with van der Waals surface area (Å²) in [4.78, 5) is 14.0. The highest BCUT2D eigenvalue weighted by molar-refractivity contribution is 5.75. The molecule has 0 spiro atoms. The van der Waals surface area contributed by atoms with E-state index in [2.05, 4.69) is 25.7 Å². The van der Waals surface area contributed by atoms with Crippen LogP contribution in [0.2, 0.25) is 0 Å². The number of esters is 1. The number of ether oxygens (including phenoxy) is 1. The van der Waals surface area contributed by atoms with Gasteiger partial charge in [0, 0.05) is 0 Å². The number of unbranched alkanes of at least 4 members (excludes halogenated alkanes) is 2. The molecule has 0 bridgehead atoms. The summed E-state index contributed by atoms with van der Waals surface area (Å²) in [5.74, 6) is -0.0774. The van der Waals surface area contributed by atoms with Gasteiger partial charge in [-0.05, 0) is 25.9 Å². The molecule has 0 fully saturated rings. The van der Waals surface area contributed by atoms with Crippen LogP contribution in [-0.2, 0) is 9.53 Å². The van der Waals surface area contributed by atoms with Gasteiger partial charge in [-0.3, -0.25) is 9.69 Å². The van der Waals surface area contributed by atoms with Gasteiger partial charge in [-0.15, -0.1) is 0 Å². The van der Waals surface area contributed by atoms with Crippen molar-refractivity contribution >= 4 is 5.97 Å². The first-order valence-electron chi connectivity index (χ1n) is 6.53. The molecule has 0 aromatic heterocycles. The van der Waals surface area contributed by atoms with Crippen LogP contribution in [0.25, 0.3) is 0 Å². The highest BCUT2D eigenvalue weighted by Gasteiger charge is 2.24. The molecule has 0 aromatic carbocycles. The Morgan fingerprint density at radius 1 is 1.19 bits per heavy atom. The molecule has 0 aliphatic heterocycles. The largest absolute Gasteiger partial charge is 0.468 e. The Kier molecular flexibility index (Phi) is 9.30. The van der Waals surface area contributed by atoms with Crippen LogP contribution < -0.4 is 0 Å². The number of carbonyl (C=O) groups excluding carboxylic acids is 1. The Labute approximate surface area is 100 Å². The van der Waals surface area contributed by atoms with Gasteiger partial charge in [-0.2, -0.15) is 0 Å². The Morgan fingerprint density at radius 3 is 2.25 bits per heavy atom. The van der Waals surface area contributed by atoms with Crippen LogP contribution in [0.1, 0.15) is 52.9 Å². The summed E-state index contributed by atoms with van der Waals surface area (Å²) in [5, 5.41) is 0. The molecule has 0 N–H and O–H groups in total. The standard InChI is InChI=1S/C13H27NO2/c1-5-8-10-12(13(15)16-4)14(7-3)11-9-6-2/h12H,5-11H2,1-4H3. The molecule has 0 saturated carbocycles. The van der Waals surface area contributed by atoms with Gasteiger partial charge in [0.2, 0.25) is 0 Å². The van der Waals surface area contributed by atoms with Crippen LogP contribution in [0.15, 0.2) is 0 Å². The van der Waals surface area contributed by atoms with Crippen molar-refractivity contribution in [2.75, 3.05) is 20.2 Å². The maximum Gasteiger partial charge on any atom is 0.323 e. The van der Waals surface area contributed by atoms with Crippen molar-refractivity contribution in [2.24, 2.45) is 0 Å². The van der Waals surface area contributed by atoms with E-state index < -0.39 is 0 Å². The minimum atomic E-state index is -0.0774. The zero-order valence-electron chi connectivity index (χ0n) is 11.3. The summed E-state index contributed by atoms with van der Waals surface area (Å²) >= 11 is 0. The van der Waals surface area contributed by atoms with Crippen molar-refractivity contribution < 1.29 is 9.53 Å². The second-order valence-electron chi connectivity index (χ2n) is 4.16. The minimum absolute atomic E-state index is 0.0403. The van der Waals surface area contributed by atoms with Gasteiger partial charge in [0.1, 0.15) is 6.04 Å². The van der Waals surface area contributed by atoms with Crippen molar-refractivity contribution in [3.8, 4) is 0 Å². The lowest BCUT2D eigenvalue weighted by atomic mass is 10.1. The number of likely N-dealkylation sites (N-methyl/N-ethyl adjacent to an activating group) is 1. The van der Waals surface area contributed by atoms with E-state index in [1.165, 1.54) is 7.11 Å². The molecule has 0 aliphatic rings. The summed E-state index contributed by atoms with van der Waals surface area (Å²) in [7, 11) is 1.48. The lowest BCUT2D eigenvalue weighted by molar-refractivity contribution is -0.147. The quantitative estimate of drug-likeness (QED) is 0.569. The van der Waals surface area contributed by atoms with Crippen molar-refractivity contribution in [1.29, 1.82) is 0 Å². The summed E-state index contributed by atoms with van der Waals surface area (Å²) in [6.07, 6.45) is 5.44. The van der Waals surface area contributed by atoms with Gasteiger partial charge in [0.15, 0.2) is 0 Å². The zero-order valence-corrected chi connectivity index (χ0v) is 11.3. The van der Waals surface area contributed by atoms with E-state index in [0.29, 0.717) is 0 Å². The highest BCUT2D eigenvalue weighted by atomic mass is 16.5. The Balaban J connectivity index is 4.35. The predicted molar refractivity (Wildman–Crippen MR) is 67.5 cm³/mol. The molecule has 0 saturated heterocycles. The summed E-state index contributed by atoms with van der Waals surface area (Å²) in [6, 6.07) is -0.0403. The Hall–Kier alpha value is -0.570. The van der Waals surface area contributed by atoms with Gasteiger partial charge in [-0.1, -0.05) is 40.0 Å². The maximum atomic E-state index is 11.7. The SMILES string of the molecule is CCCCC(C(=O)OC)N(CC)CCCC. The van der Waals surface area contributed by atoms with Crippen molar-refractivity contribution in [2.45, 2.75) is 58.9 Å². The van der Waals surface area contributed by atoms with Crippen molar-refractivity contribution in [3.05, 3.63) is 0 Å². The molecule has 0 radical (unpaired) electrons. The second-order valence-corrected chi connectivity index (χ2v) is 4.16. The van der Waals surface area contributed by atoms with E-state index in [4.69, 9.17) is 4.74 Å². The van der Waals surface area contributed by atoms with E-state index in [0.717, 1.165) is 45.2 Å². The van der Waals surface area contributed by atoms with E-state index in [1.807, 2.05) is 0 Å². The van der Waals surface area contributed by atoms with E-state index in [1.54, 1.807) is 0 Å². The van der Waals surface area contributed by atoms with Gasteiger partial charge in [0.25, 0.3) is 0 Å². The molecule has 3 heteroatoms. The molecule has 0 heterocycles. The third kappa shape index (κ3) is 5.50. The van der Waals surface area contributed by atoms with Crippen molar-refractivity contribution in [1.82, 2.24) is 4.90 Å². The molecule has 16 heavy (non-hydrogen) atoms. The topological polar surface area (TPSA) is 29.5 Å². The van der Waals surface area contributed by atoms with Crippen LogP contribution in [-0.4, -0.2) is 37.1 Å². The van der Waals surface area contributed by atoms with Gasteiger partial charge in [-0.25, -0.2) is 0 Å². The average molecular weight is 229 g/mol. The minimum Gasteiger partial charge on any atom is -0.468 e. The number of nitrogens with zero attached hydrogens (tertiary/aromatic N) is 1. The molecule has 0 rings (SSSR count). The van der Waals surface area contributed by atoms with Gasteiger partial charge < -0.3 is 4.74 Å². The predicted octanol–water partition coefficient (Wildman–Crippen LogP) is 2.84. The smallest absolute Gasteiger partial charge is 0.323 e. The van der Waals surface area contributed by atoms with Gasteiger partial charge in [0.05, 0.1) is 7.11 Å². The summed E-state index contributed by atoms with van der Waals surface area (Å²) < 4.78 is 4.89. The van der Waals surface area contributed by atoms with Crippen LogP contribution in [0, 0.1) is 0 Å². The number of rotatable bonds is 9. The first kappa shape index (κ1) is 15.4. The van der Waals surface area contributed by atoms with Crippen molar-refractivity contribution in [3.63, 3.8) is 0 Å². The average Bonchev–Trinajstić information content (AvgIpc) is 2.32. The first-order chi connectivity index (χ1) is 7.71. The molecule has 1 unspecified atom stereocenters. The Bertz CT molecular complexity index is 183. The van der Waals surface area contributed by atoms with Crippen LogP contribution in [0.3, 0.4) is 0 Å². The molecule has 0 amide bonds. The molecular formula is C13H27NO2. The number of carbonyl (C=O) groups is 1. The van der Waals surface area contributed by atoms with E-state index in [-0.39, 0.29) is 12.0 Å². The van der Waals surface area contributed by atoms with Gasteiger partial charge >= 0.3 is 5.97 Å². The van der Waals surface area contributed by atoms with Crippen LogP contribution in [0.4, 0.5) is 0 Å². The molecule has 1 atom stereocenters. The van der Waals surface area contributed by atoms with E-state index in [9.17, 15) is 4.79 Å². The zero-order chi connectivity index (χ0) is 12.4. The molecular weight excluding hydrogens is 202 g/mol. The molecule has 0 aromatic rings. The molecule has 0 aliphatic carbocycles. The third-order valence-electron chi connectivity index (χ3n) is 2.95. The normalized spacial score (nSPS) is 12.8. The highest BCUT2D eigenvalue weighted by Crippen LogP contribution is 2.11. The summed E-state index contributed by atoms with van der Waals surface area (Å²) in [5.41, 5.74) is 0. The van der Waals surface area contributed by atoms with Crippen LogP contribution in [0.5, 0.6) is 0 Å². The monoisotopic (exact) mass is 229 g/mol. The van der Waals surface area contributed by atoms with Crippen LogP contribution >= 0.6 is 0 Å². The van der Waals surface area contributed by atoms with E-state index >= 15 is 0 Å². The maximum absolute atomic E-state index is 11.7. The number of hydrogen-bond donors (Lipinski definition) is 0. The third-order valence-corrected chi connectivity index (χ3v) is 2.95. The fourth-order valence-corrected chi connectivity index (χ4v) is 1.88. The number of hydrogen-bond acceptors (Lipinski definition) is 3. The number of methoxy groups -OCH3 is 1. The molecule has 96 valence electrons. The second kappa shape index (κ2) is 9.64. The Morgan fingerprint density at radius 2 is 1.81 bits per heavy atom. The fraction of sp³-hybridized carbons (Fsp3) is 0.923.